The summed E-state index contributed by atoms with van der Waals surface area (Å²) in [5.41, 5.74) is 11.7. The van der Waals surface area contributed by atoms with Gasteiger partial charge in [0.15, 0.2) is 0 Å². The van der Waals surface area contributed by atoms with E-state index in [1.54, 1.807) is 44.2 Å². The maximum absolute atomic E-state index is 13.7. The van der Waals surface area contributed by atoms with Crippen LogP contribution in [-0.4, -0.2) is 41.3 Å². The highest BCUT2D eigenvalue weighted by Crippen LogP contribution is 2.49. The molecule has 5 rings (SSSR count). The molecule has 2 atom stereocenters. The second-order valence-electron chi connectivity index (χ2n) is 10.8. The first-order chi connectivity index (χ1) is 19.5. The molecule has 0 bridgehead atoms. The number of aromatic nitrogens is 1. The number of rotatable bonds is 9. The van der Waals surface area contributed by atoms with Crippen LogP contribution in [-0.2, 0) is 20.6 Å². The number of aliphatic imine (C=N–C) groups is 1. The molecular weight excluding hydrogens is 525 g/mol. The van der Waals surface area contributed by atoms with Crippen molar-refractivity contribution < 1.29 is 23.8 Å². The summed E-state index contributed by atoms with van der Waals surface area (Å²) in [6.07, 6.45) is 2.83. The summed E-state index contributed by atoms with van der Waals surface area (Å²) in [4.78, 5) is 34.9. The highest BCUT2D eigenvalue weighted by Gasteiger charge is 2.50. The van der Waals surface area contributed by atoms with Gasteiger partial charge in [-0.3, -0.25) is 14.6 Å². The number of primary amides is 1. The van der Waals surface area contributed by atoms with E-state index in [1.807, 2.05) is 18.2 Å². The van der Waals surface area contributed by atoms with Gasteiger partial charge in [-0.1, -0.05) is 18.2 Å². The van der Waals surface area contributed by atoms with Crippen LogP contribution in [0.25, 0.3) is 11.3 Å². The number of nitrogens with zero attached hydrogens (tertiary/aromatic N) is 2. The number of para-hydroxylation sites is 1. The number of ether oxygens (including phenoxy) is 1. The molecule has 2 heterocycles. The summed E-state index contributed by atoms with van der Waals surface area (Å²) in [5, 5.41) is 14.9. The fourth-order valence-electron chi connectivity index (χ4n) is 4.92. The predicted molar refractivity (Wildman–Crippen MR) is 153 cm³/mol. The number of fused-ring (bicyclic) bond motifs is 1. The normalized spacial score (nSPS) is 20.1. The van der Waals surface area contributed by atoms with Crippen molar-refractivity contribution >= 4 is 23.7 Å². The Kier molecular flexibility index (Phi) is 7.35. The van der Waals surface area contributed by atoms with E-state index in [9.17, 15) is 19.1 Å². The fraction of sp³-hybridized carbons (Fsp3) is 0.290. The van der Waals surface area contributed by atoms with E-state index in [4.69, 9.17) is 21.2 Å². The molecule has 0 spiro atoms. The van der Waals surface area contributed by atoms with Gasteiger partial charge in [0.1, 0.15) is 34.9 Å². The molecule has 2 aromatic carbocycles. The SMILES string of the molecule is C/C(N)=C(/C=Nc1ccccc1)C(=O)NC[C@](O)(c1cc2c(c(-c3ccc(F)cc3)n1)OC[C@]2(C)C(N)=O)C1CC1. The van der Waals surface area contributed by atoms with Gasteiger partial charge >= 0.3 is 0 Å². The zero-order valence-corrected chi connectivity index (χ0v) is 22.9. The number of allylic oxidation sites excluding steroid dienone is 1. The first kappa shape index (κ1) is 28.0. The molecule has 1 saturated carbocycles. The number of pyridine rings is 1. The molecule has 1 aliphatic carbocycles. The number of nitrogens with two attached hydrogens (primary N) is 2. The number of amides is 2. The number of nitrogens with one attached hydrogen (secondary N) is 1. The van der Waals surface area contributed by atoms with Crippen LogP contribution in [0, 0.1) is 11.7 Å². The number of hydrogen-bond donors (Lipinski definition) is 4. The van der Waals surface area contributed by atoms with Gasteiger partial charge in [0.2, 0.25) is 5.91 Å². The monoisotopic (exact) mass is 557 g/mol. The molecular formula is C31H32FN5O4. The lowest BCUT2D eigenvalue weighted by atomic mass is 9.81. The molecule has 6 N–H and O–H groups in total. The number of carbonyl (C=O) groups excluding carboxylic acids is 2. The minimum Gasteiger partial charge on any atom is -0.489 e. The lowest BCUT2D eigenvalue weighted by Crippen LogP contribution is -2.44. The first-order valence-electron chi connectivity index (χ1n) is 13.3. The van der Waals surface area contributed by atoms with Crippen LogP contribution in [0.2, 0.25) is 0 Å². The summed E-state index contributed by atoms with van der Waals surface area (Å²) in [6, 6.07) is 16.5. The summed E-state index contributed by atoms with van der Waals surface area (Å²) in [7, 11) is 0. The highest BCUT2D eigenvalue weighted by atomic mass is 19.1. The molecule has 1 aromatic heterocycles. The summed E-state index contributed by atoms with van der Waals surface area (Å²) >= 11 is 0. The Morgan fingerprint density at radius 1 is 1.20 bits per heavy atom. The van der Waals surface area contributed by atoms with Crippen molar-refractivity contribution in [3.05, 3.63) is 89.0 Å². The van der Waals surface area contributed by atoms with Gasteiger partial charge in [0, 0.05) is 23.0 Å². The number of benzene rings is 2. The molecule has 1 aliphatic heterocycles. The second kappa shape index (κ2) is 10.8. The second-order valence-corrected chi connectivity index (χ2v) is 10.8. The Morgan fingerprint density at radius 3 is 2.49 bits per heavy atom. The molecule has 0 saturated heterocycles. The van der Waals surface area contributed by atoms with Crippen molar-refractivity contribution in [2.24, 2.45) is 22.4 Å². The van der Waals surface area contributed by atoms with Crippen molar-refractivity contribution in [1.82, 2.24) is 10.3 Å². The average Bonchev–Trinajstić information content (AvgIpc) is 3.76. The largest absolute Gasteiger partial charge is 0.489 e. The molecule has 2 aliphatic rings. The van der Waals surface area contributed by atoms with Crippen molar-refractivity contribution in [1.29, 1.82) is 0 Å². The Hall–Kier alpha value is -4.57. The Bertz CT molecular complexity index is 1550. The van der Waals surface area contributed by atoms with Gasteiger partial charge in [-0.15, -0.1) is 0 Å². The van der Waals surface area contributed by atoms with Crippen LogP contribution in [0.5, 0.6) is 5.75 Å². The third-order valence-electron chi connectivity index (χ3n) is 7.72. The van der Waals surface area contributed by atoms with Gasteiger partial charge in [0.05, 0.1) is 23.5 Å². The van der Waals surface area contributed by atoms with E-state index in [0.29, 0.717) is 41.1 Å². The van der Waals surface area contributed by atoms with Crippen molar-refractivity contribution in [3.63, 3.8) is 0 Å². The van der Waals surface area contributed by atoms with Gasteiger partial charge in [-0.05, 0) is 75.1 Å². The number of carbonyl (C=O) groups is 2. The zero-order chi connectivity index (χ0) is 29.4. The molecule has 2 amide bonds. The van der Waals surface area contributed by atoms with E-state index in [2.05, 4.69) is 10.3 Å². The van der Waals surface area contributed by atoms with E-state index in [1.165, 1.54) is 18.3 Å². The van der Waals surface area contributed by atoms with Crippen molar-refractivity contribution in [2.75, 3.05) is 13.2 Å². The van der Waals surface area contributed by atoms with Crippen LogP contribution < -0.4 is 21.5 Å². The standard InChI is InChI=1S/C31H32FN5O4/c1-18(33)23(15-35-22-6-4-3-5-7-22)28(38)36-16-31(40,20-10-11-20)25-14-24-27(41-17-30(24,2)29(34)39)26(37-25)19-8-12-21(32)13-9-19/h3-9,12-15,20,40H,10-11,16-17,33H2,1-2H3,(H2,34,39)(H,36,38)/b23-18+,35-15?/t30-,31+/m0/s1. The van der Waals surface area contributed by atoms with Crippen LogP contribution in [0.15, 0.2) is 76.9 Å². The third kappa shape index (κ3) is 5.43. The molecule has 0 unspecified atom stereocenters. The van der Waals surface area contributed by atoms with Gasteiger partial charge in [0.25, 0.3) is 5.91 Å². The van der Waals surface area contributed by atoms with Crippen molar-refractivity contribution in [2.45, 2.75) is 37.7 Å². The van der Waals surface area contributed by atoms with E-state index >= 15 is 0 Å². The van der Waals surface area contributed by atoms with E-state index < -0.39 is 28.6 Å². The molecule has 41 heavy (non-hydrogen) atoms. The maximum atomic E-state index is 13.7. The fourth-order valence-corrected chi connectivity index (χ4v) is 4.92. The molecule has 9 nitrogen and oxygen atoms in total. The summed E-state index contributed by atoms with van der Waals surface area (Å²) < 4.78 is 19.6. The lowest BCUT2D eigenvalue weighted by Gasteiger charge is -2.30. The van der Waals surface area contributed by atoms with Crippen LogP contribution in [0.1, 0.15) is 37.9 Å². The number of aliphatic hydroxyl groups is 1. The molecule has 212 valence electrons. The van der Waals surface area contributed by atoms with Gasteiger partial charge in [-0.2, -0.15) is 0 Å². The summed E-state index contributed by atoms with van der Waals surface area (Å²) in [6.45, 7) is 3.10. The number of hydrogen-bond acceptors (Lipinski definition) is 7. The van der Waals surface area contributed by atoms with Crippen LogP contribution in [0.3, 0.4) is 0 Å². The topological polar surface area (TPSA) is 153 Å². The first-order valence-corrected chi connectivity index (χ1v) is 13.3. The van der Waals surface area contributed by atoms with Crippen LogP contribution >= 0.6 is 0 Å². The third-order valence-corrected chi connectivity index (χ3v) is 7.72. The maximum Gasteiger partial charge on any atom is 0.254 e. The van der Waals surface area contributed by atoms with Gasteiger partial charge < -0.3 is 26.6 Å². The van der Waals surface area contributed by atoms with Gasteiger partial charge in [-0.25, -0.2) is 9.37 Å². The minimum atomic E-state index is -1.58. The Labute approximate surface area is 237 Å². The quantitative estimate of drug-likeness (QED) is 0.234. The van der Waals surface area contributed by atoms with E-state index in [-0.39, 0.29) is 36.0 Å². The zero-order valence-electron chi connectivity index (χ0n) is 22.9. The molecule has 1 fully saturated rings. The smallest absolute Gasteiger partial charge is 0.254 e. The predicted octanol–water partition coefficient (Wildman–Crippen LogP) is 3.37. The lowest BCUT2D eigenvalue weighted by molar-refractivity contribution is -0.123. The van der Waals surface area contributed by atoms with E-state index in [0.717, 1.165) is 0 Å². The molecule has 3 aromatic rings. The Balaban J connectivity index is 1.51. The minimum absolute atomic E-state index is 0.000266. The summed E-state index contributed by atoms with van der Waals surface area (Å²) in [5.74, 6) is -1.36. The molecule has 10 heteroatoms. The van der Waals surface area contributed by atoms with Crippen molar-refractivity contribution in [3.8, 4) is 17.0 Å². The average molecular weight is 558 g/mol. The highest BCUT2D eigenvalue weighted by molar-refractivity contribution is 6.13. The number of halogens is 1. The molecule has 0 radical (unpaired) electrons. The van der Waals surface area contributed by atoms with Crippen LogP contribution in [0.4, 0.5) is 10.1 Å². The Morgan fingerprint density at radius 2 is 1.88 bits per heavy atom.